The van der Waals surface area contributed by atoms with Crippen LogP contribution in [0.3, 0.4) is 0 Å². The predicted octanol–water partition coefficient (Wildman–Crippen LogP) is 8.18. The molecule has 0 aliphatic carbocycles. The summed E-state index contributed by atoms with van der Waals surface area (Å²) < 4.78 is 12.1. The summed E-state index contributed by atoms with van der Waals surface area (Å²) in [6, 6.07) is 8.57. The van der Waals surface area contributed by atoms with Crippen LogP contribution in [0.15, 0.2) is 24.3 Å². The normalized spacial score (nSPS) is 20.6. The maximum absolute atomic E-state index is 6.05. The molecule has 0 aromatic heterocycles. The third-order valence-electron chi connectivity index (χ3n) is 5.83. The minimum absolute atomic E-state index is 0. The topological polar surface area (TPSA) is 18.5 Å². The Labute approximate surface area is 209 Å². The van der Waals surface area contributed by atoms with Crippen molar-refractivity contribution in [2.75, 3.05) is 13.2 Å². The smallest absolute Gasteiger partial charge is 0.170 e. The van der Waals surface area contributed by atoms with E-state index < -0.39 is 0 Å². The molecule has 2 aliphatic heterocycles. The van der Waals surface area contributed by atoms with E-state index in [0.717, 1.165) is 45.1 Å². The van der Waals surface area contributed by atoms with Crippen molar-refractivity contribution in [3.8, 4) is 0 Å². The molecule has 31 heavy (non-hydrogen) atoms. The molecule has 2 saturated heterocycles. The predicted molar refractivity (Wildman–Crippen MR) is 134 cm³/mol. The molecular weight excluding hydrogens is 582 g/mol. The Morgan fingerprint density at radius 2 is 1.29 bits per heavy atom. The van der Waals surface area contributed by atoms with Crippen LogP contribution in [0.2, 0.25) is 0 Å². The first-order valence-corrected chi connectivity index (χ1v) is 13.1. The first kappa shape index (κ1) is 31.1. The zero-order chi connectivity index (χ0) is 22.8. The molecular formula is C27H46O2PPt-3. The van der Waals surface area contributed by atoms with Crippen LogP contribution in [-0.4, -0.2) is 29.3 Å². The second-order valence-electron chi connectivity index (χ2n) is 9.65. The van der Waals surface area contributed by atoms with Gasteiger partial charge in [0.2, 0.25) is 0 Å². The summed E-state index contributed by atoms with van der Waals surface area (Å²) in [6.07, 6.45) is 7.72. The number of rotatable bonds is 4. The van der Waals surface area contributed by atoms with Gasteiger partial charge in [-0.1, -0.05) is 66.6 Å². The third kappa shape index (κ3) is 9.49. The number of benzene rings is 1. The summed E-state index contributed by atoms with van der Waals surface area (Å²) >= 11 is 0. The Balaban J connectivity index is 0.000000867. The third-order valence-corrected chi connectivity index (χ3v) is 9.73. The van der Waals surface area contributed by atoms with Crippen LogP contribution in [0.1, 0.15) is 91.2 Å². The van der Waals surface area contributed by atoms with Gasteiger partial charge in [0.05, 0.1) is 13.2 Å². The molecule has 0 N–H and O–H groups in total. The average molecular weight is 629 g/mol. The molecule has 0 amide bonds. The number of unbranched alkanes of at least 4 members (excludes halogenated alkanes) is 2. The van der Waals surface area contributed by atoms with E-state index in [4.69, 9.17) is 9.47 Å². The van der Waals surface area contributed by atoms with Crippen molar-refractivity contribution in [2.24, 2.45) is 0 Å². The summed E-state index contributed by atoms with van der Waals surface area (Å²) in [4.78, 5) is 0. The maximum Gasteiger partial charge on any atom is 0.170 e. The van der Waals surface area contributed by atoms with Gasteiger partial charge in [-0.3, -0.25) is 0 Å². The van der Waals surface area contributed by atoms with E-state index in [9.17, 15) is 0 Å². The molecule has 184 valence electrons. The molecule has 4 heteroatoms. The van der Waals surface area contributed by atoms with E-state index in [2.05, 4.69) is 86.6 Å². The fourth-order valence-corrected chi connectivity index (χ4v) is 8.41. The van der Waals surface area contributed by atoms with Crippen molar-refractivity contribution in [3.63, 3.8) is 0 Å². The van der Waals surface area contributed by atoms with Crippen LogP contribution in [-0.2, 0) is 36.7 Å². The number of ether oxygens (including phenoxy) is 2. The molecule has 0 unspecified atom stereocenters. The Morgan fingerprint density at radius 3 is 1.68 bits per heavy atom. The van der Waals surface area contributed by atoms with Gasteiger partial charge in [-0.25, -0.2) is 0 Å². The van der Waals surface area contributed by atoms with Crippen LogP contribution in [0.4, 0.5) is 0 Å². The van der Waals surface area contributed by atoms with E-state index in [1.165, 1.54) is 24.0 Å². The van der Waals surface area contributed by atoms with Crippen LogP contribution < -0.4 is 0 Å². The summed E-state index contributed by atoms with van der Waals surface area (Å²) in [5.74, 6) is -0.337. The van der Waals surface area contributed by atoms with Gasteiger partial charge < -0.3 is 23.3 Å². The molecule has 0 radical (unpaired) electrons. The Morgan fingerprint density at radius 1 is 0.871 bits per heavy atom. The standard InChI is InChI=1S/C19H28O2P.2C4H9.Pt/c1-15-8-6-7-9-16(15)12-22-17(2,3)13-19(14-18(22,4)5)20-10-11-21-19;2*1-3-4-2;/h6-9H,1,10-14H2,2-5H3;2*1,3-4H2,2H3;/q3*-1;. The maximum atomic E-state index is 6.05. The van der Waals surface area contributed by atoms with Crippen LogP contribution in [0.5, 0.6) is 0 Å². The van der Waals surface area contributed by atoms with E-state index in [1.807, 2.05) is 0 Å². The molecule has 1 aromatic rings. The quantitative estimate of drug-likeness (QED) is 0.247. The summed E-state index contributed by atoms with van der Waals surface area (Å²) in [6.45, 7) is 26.7. The first-order chi connectivity index (χ1) is 14.1. The fourth-order valence-electron chi connectivity index (χ4n) is 4.40. The van der Waals surface area contributed by atoms with Crippen LogP contribution in [0.25, 0.3) is 0 Å². The van der Waals surface area contributed by atoms with E-state index in [1.54, 1.807) is 0 Å². The second-order valence-corrected chi connectivity index (χ2v) is 13.2. The Bertz CT molecular complexity index is 581. The van der Waals surface area contributed by atoms with Crippen molar-refractivity contribution in [2.45, 2.75) is 102 Å². The van der Waals surface area contributed by atoms with Crippen molar-refractivity contribution in [1.29, 1.82) is 0 Å². The van der Waals surface area contributed by atoms with Crippen molar-refractivity contribution in [1.82, 2.24) is 0 Å². The van der Waals surface area contributed by atoms with Gasteiger partial charge in [0, 0.05) is 33.9 Å². The van der Waals surface area contributed by atoms with Gasteiger partial charge >= 0.3 is 0 Å². The SMILES string of the molecule is [CH2-]CCC.[CH2-]CCC.[CH2-]c1ccccc1CP1C(C)(C)CC2(CC1(C)C)OCCO2.[Pt]. The molecule has 2 nitrogen and oxygen atoms in total. The van der Waals surface area contributed by atoms with Gasteiger partial charge in [0.15, 0.2) is 5.79 Å². The molecule has 2 fully saturated rings. The summed E-state index contributed by atoms with van der Waals surface area (Å²) in [5, 5.41) is 0.480. The fraction of sp³-hybridized carbons (Fsp3) is 0.667. The van der Waals surface area contributed by atoms with E-state index >= 15 is 0 Å². The summed E-state index contributed by atoms with van der Waals surface area (Å²) in [7, 11) is -0.193. The number of hydrogen-bond donors (Lipinski definition) is 0. The molecule has 1 aromatic carbocycles. The molecule has 2 heterocycles. The van der Waals surface area contributed by atoms with Gasteiger partial charge in [-0.2, -0.15) is 31.4 Å². The molecule has 0 atom stereocenters. The van der Waals surface area contributed by atoms with Gasteiger partial charge in [0.1, 0.15) is 0 Å². The summed E-state index contributed by atoms with van der Waals surface area (Å²) in [5.41, 5.74) is 2.57. The zero-order valence-electron chi connectivity index (χ0n) is 20.9. The zero-order valence-corrected chi connectivity index (χ0v) is 24.0. The monoisotopic (exact) mass is 628 g/mol. The Hall–Kier alpha value is 0.128. The van der Waals surface area contributed by atoms with Crippen molar-refractivity contribution in [3.05, 3.63) is 56.2 Å². The Kier molecular flexibility index (Phi) is 14.5. The molecule has 0 saturated carbocycles. The van der Waals surface area contributed by atoms with E-state index in [-0.39, 0.29) is 45.1 Å². The van der Waals surface area contributed by atoms with Crippen molar-refractivity contribution < 1.29 is 30.5 Å². The molecule has 2 aliphatic rings. The second kappa shape index (κ2) is 14.4. The van der Waals surface area contributed by atoms with Crippen LogP contribution in [0, 0.1) is 20.8 Å². The number of hydrogen-bond acceptors (Lipinski definition) is 2. The van der Waals surface area contributed by atoms with E-state index in [0.29, 0.717) is 0 Å². The van der Waals surface area contributed by atoms with Crippen LogP contribution >= 0.6 is 7.92 Å². The van der Waals surface area contributed by atoms with Gasteiger partial charge in [-0.15, -0.1) is 25.6 Å². The minimum atomic E-state index is -0.337. The largest absolute Gasteiger partial charge is 0.347 e. The average Bonchev–Trinajstić information content (AvgIpc) is 3.12. The van der Waals surface area contributed by atoms with Crippen molar-refractivity contribution >= 4 is 7.92 Å². The molecule has 0 bridgehead atoms. The minimum Gasteiger partial charge on any atom is -0.347 e. The van der Waals surface area contributed by atoms with Gasteiger partial charge in [-0.05, 0) is 10.3 Å². The molecule has 1 spiro atoms. The van der Waals surface area contributed by atoms with Gasteiger partial charge in [0.25, 0.3) is 0 Å². The first-order valence-electron chi connectivity index (χ1n) is 11.6. The molecule has 3 rings (SSSR count).